The van der Waals surface area contributed by atoms with E-state index in [0.717, 1.165) is 12.2 Å². The molecular formula is C11H14BrN3O2S. The van der Waals surface area contributed by atoms with Gasteiger partial charge in [-0.15, -0.1) is 10.2 Å². The van der Waals surface area contributed by atoms with Gasteiger partial charge < -0.3 is 14.6 Å². The van der Waals surface area contributed by atoms with Crippen LogP contribution < -0.4 is 5.73 Å². The summed E-state index contributed by atoms with van der Waals surface area (Å²) in [5.41, 5.74) is 5.67. The van der Waals surface area contributed by atoms with Crippen molar-refractivity contribution < 1.29 is 8.83 Å². The number of hydrogen-bond donors (Lipinski definition) is 1. The first-order valence-electron chi connectivity index (χ1n) is 5.56. The highest BCUT2D eigenvalue weighted by molar-refractivity contribution is 9.10. The molecule has 2 aromatic heterocycles. The number of halogens is 1. The average molecular weight is 332 g/mol. The van der Waals surface area contributed by atoms with Gasteiger partial charge in [-0.3, -0.25) is 0 Å². The van der Waals surface area contributed by atoms with Crippen molar-refractivity contribution in [2.75, 3.05) is 5.75 Å². The Morgan fingerprint density at radius 2 is 2.22 bits per heavy atom. The SMILES string of the molecule is CC(N)CCSCc1nnc(-c2ccc(Br)o2)o1. The maximum atomic E-state index is 5.67. The summed E-state index contributed by atoms with van der Waals surface area (Å²) < 4.78 is 11.5. The van der Waals surface area contributed by atoms with E-state index >= 15 is 0 Å². The smallest absolute Gasteiger partial charge is 0.283 e. The highest BCUT2D eigenvalue weighted by Gasteiger charge is 2.12. The van der Waals surface area contributed by atoms with Gasteiger partial charge in [-0.05, 0) is 47.2 Å². The first-order valence-corrected chi connectivity index (χ1v) is 7.51. The first kappa shape index (κ1) is 13.6. The predicted octanol–water partition coefficient (Wildman–Crippen LogP) is 3.06. The molecule has 0 radical (unpaired) electrons. The van der Waals surface area contributed by atoms with Gasteiger partial charge in [-0.1, -0.05) is 0 Å². The highest BCUT2D eigenvalue weighted by Crippen LogP contribution is 2.24. The lowest BCUT2D eigenvalue weighted by atomic mass is 10.3. The van der Waals surface area contributed by atoms with Crippen molar-refractivity contribution in [1.82, 2.24) is 10.2 Å². The Kier molecular flexibility index (Phi) is 4.85. The molecule has 0 saturated heterocycles. The molecule has 1 atom stereocenters. The standard InChI is InChI=1S/C11H14BrN3O2S/c1-7(13)4-5-18-6-10-14-15-11(17-10)8-2-3-9(12)16-8/h2-3,7H,4-6,13H2,1H3. The quantitative estimate of drug-likeness (QED) is 0.819. The third-order valence-corrected chi connectivity index (χ3v) is 3.60. The minimum atomic E-state index is 0.233. The van der Waals surface area contributed by atoms with Gasteiger partial charge in [0.1, 0.15) is 0 Å². The van der Waals surface area contributed by atoms with Gasteiger partial charge in [0.15, 0.2) is 10.4 Å². The number of rotatable bonds is 6. The molecule has 0 saturated carbocycles. The van der Waals surface area contributed by atoms with Crippen molar-refractivity contribution in [1.29, 1.82) is 0 Å². The fourth-order valence-electron chi connectivity index (χ4n) is 1.27. The topological polar surface area (TPSA) is 78.1 Å². The largest absolute Gasteiger partial charge is 0.444 e. The molecule has 1 unspecified atom stereocenters. The summed E-state index contributed by atoms with van der Waals surface area (Å²) in [6.07, 6.45) is 0.983. The van der Waals surface area contributed by atoms with Gasteiger partial charge in [0, 0.05) is 6.04 Å². The highest BCUT2D eigenvalue weighted by atomic mass is 79.9. The van der Waals surface area contributed by atoms with Crippen LogP contribution in [0.4, 0.5) is 0 Å². The fraction of sp³-hybridized carbons (Fsp3) is 0.455. The van der Waals surface area contributed by atoms with Crippen molar-refractivity contribution in [3.8, 4) is 11.7 Å². The van der Waals surface area contributed by atoms with E-state index in [1.165, 1.54) is 0 Å². The van der Waals surface area contributed by atoms with Crippen LogP contribution in [0.2, 0.25) is 0 Å². The molecule has 0 aromatic carbocycles. The van der Waals surface area contributed by atoms with Crippen LogP contribution in [0.15, 0.2) is 25.6 Å². The molecule has 7 heteroatoms. The Morgan fingerprint density at radius 3 is 2.89 bits per heavy atom. The van der Waals surface area contributed by atoms with Gasteiger partial charge in [0.2, 0.25) is 5.89 Å². The van der Waals surface area contributed by atoms with Crippen LogP contribution in [-0.4, -0.2) is 22.0 Å². The van der Waals surface area contributed by atoms with Crippen LogP contribution in [0.25, 0.3) is 11.7 Å². The van der Waals surface area contributed by atoms with E-state index in [9.17, 15) is 0 Å². The Balaban J connectivity index is 1.86. The third kappa shape index (κ3) is 3.86. The molecule has 0 amide bonds. The van der Waals surface area contributed by atoms with E-state index in [0.29, 0.717) is 28.0 Å². The second-order valence-corrected chi connectivity index (χ2v) is 5.81. The lowest BCUT2D eigenvalue weighted by Crippen LogP contribution is -2.15. The molecule has 0 aliphatic heterocycles. The third-order valence-electron chi connectivity index (χ3n) is 2.19. The molecule has 0 bridgehead atoms. The van der Waals surface area contributed by atoms with Crippen molar-refractivity contribution in [2.45, 2.75) is 25.1 Å². The zero-order valence-corrected chi connectivity index (χ0v) is 12.3. The minimum Gasteiger partial charge on any atom is -0.444 e. The average Bonchev–Trinajstić information content (AvgIpc) is 2.93. The van der Waals surface area contributed by atoms with Crippen molar-refractivity contribution in [3.05, 3.63) is 22.7 Å². The second kappa shape index (κ2) is 6.40. The van der Waals surface area contributed by atoms with E-state index in [-0.39, 0.29) is 6.04 Å². The number of hydrogen-bond acceptors (Lipinski definition) is 6. The van der Waals surface area contributed by atoms with E-state index < -0.39 is 0 Å². The van der Waals surface area contributed by atoms with Crippen LogP contribution in [0.5, 0.6) is 0 Å². The minimum absolute atomic E-state index is 0.233. The zero-order valence-electron chi connectivity index (χ0n) is 9.93. The number of furan rings is 1. The van der Waals surface area contributed by atoms with Gasteiger partial charge in [0.25, 0.3) is 5.89 Å². The number of aromatic nitrogens is 2. The number of thioether (sulfide) groups is 1. The van der Waals surface area contributed by atoms with Gasteiger partial charge >= 0.3 is 0 Å². The normalized spacial score (nSPS) is 12.8. The summed E-state index contributed by atoms with van der Waals surface area (Å²) in [5.74, 6) is 3.26. The molecule has 2 rings (SSSR count). The molecule has 5 nitrogen and oxygen atoms in total. The van der Waals surface area contributed by atoms with Crippen LogP contribution in [0, 0.1) is 0 Å². The molecule has 0 aliphatic rings. The Bertz CT molecular complexity index is 498. The Morgan fingerprint density at radius 1 is 1.39 bits per heavy atom. The fourth-order valence-corrected chi connectivity index (χ4v) is 2.55. The summed E-state index contributed by atoms with van der Waals surface area (Å²) >= 11 is 4.96. The molecule has 2 aromatic rings. The lowest BCUT2D eigenvalue weighted by molar-refractivity contribution is 0.486. The van der Waals surface area contributed by atoms with Crippen LogP contribution in [0.3, 0.4) is 0 Å². The molecule has 0 aliphatic carbocycles. The summed E-state index contributed by atoms with van der Waals surface area (Å²) in [6.45, 7) is 2.00. The maximum Gasteiger partial charge on any atom is 0.283 e. The van der Waals surface area contributed by atoms with Crippen LogP contribution in [-0.2, 0) is 5.75 Å². The summed E-state index contributed by atoms with van der Waals surface area (Å²) in [7, 11) is 0. The van der Waals surface area contributed by atoms with Crippen molar-refractivity contribution in [2.24, 2.45) is 5.73 Å². The first-order chi connectivity index (χ1) is 8.65. The van der Waals surface area contributed by atoms with Crippen LogP contribution >= 0.6 is 27.7 Å². The van der Waals surface area contributed by atoms with Crippen molar-refractivity contribution in [3.63, 3.8) is 0 Å². The number of nitrogens with two attached hydrogens (primary N) is 1. The van der Waals surface area contributed by atoms with E-state index in [2.05, 4.69) is 26.1 Å². The van der Waals surface area contributed by atoms with Crippen LogP contribution in [0.1, 0.15) is 19.2 Å². The summed E-state index contributed by atoms with van der Waals surface area (Å²) in [5, 5.41) is 7.92. The molecule has 18 heavy (non-hydrogen) atoms. The number of nitrogens with zero attached hydrogens (tertiary/aromatic N) is 2. The molecular weight excluding hydrogens is 318 g/mol. The predicted molar refractivity (Wildman–Crippen MR) is 74.1 cm³/mol. The van der Waals surface area contributed by atoms with Crippen molar-refractivity contribution >= 4 is 27.7 Å². The zero-order chi connectivity index (χ0) is 13.0. The summed E-state index contributed by atoms with van der Waals surface area (Å²) in [6, 6.07) is 3.80. The Hall–Kier alpha value is -0.790. The molecule has 2 heterocycles. The molecule has 98 valence electrons. The monoisotopic (exact) mass is 331 g/mol. The molecule has 0 spiro atoms. The summed E-state index contributed by atoms with van der Waals surface area (Å²) in [4.78, 5) is 0. The van der Waals surface area contributed by atoms with Gasteiger partial charge in [0.05, 0.1) is 5.75 Å². The maximum absolute atomic E-state index is 5.67. The second-order valence-electron chi connectivity index (χ2n) is 3.92. The van der Waals surface area contributed by atoms with E-state index in [1.54, 1.807) is 23.9 Å². The van der Waals surface area contributed by atoms with Gasteiger partial charge in [-0.25, -0.2) is 0 Å². The molecule has 2 N–H and O–H groups in total. The van der Waals surface area contributed by atoms with Gasteiger partial charge in [-0.2, -0.15) is 11.8 Å². The molecule has 0 fully saturated rings. The van der Waals surface area contributed by atoms with E-state index in [1.807, 2.05) is 6.92 Å². The lowest BCUT2D eigenvalue weighted by Gasteiger charge is -2.02. The Labute approximate surface area is 118 Å². The van der Waals surface area contributed by atoms with E-state index in [4.69, 9.17) is 14.6 Å².